The van der Waals surface area contributed by atoms with Gasteiger partial charge in [-0.15, -0.1) is 0 Å². The molecule has 1 heterocycles. The van der Waals surface area contributed by atoms with Gasteiger partial charge in [0.15, 0.2) is 5.82 Å². The van der Waals surface area contributed by atoms with Crippen LogP contribution in [0.25, 0.3) is 0 Å². The fourth-order valence-corrected chi connectivity index (χ4v) is 2.18. The van der Waals surface area contributed by atoms with Gasteiger partial charge < -0.3 is 10.6 Å². The first-order chi connectivity index (χ1) is 8.99. The number of rotatable bonds is 3. The Balaban J connectivity index is 2.27. The maximum atomic E-state index is 5.95. The van der Waals surface area contributed by atoms with Crippen molar-refractivity contribution in [2.24, 2.45) is 0 Å². The molecule has 2 N–H and O–H groups in total. The maximum absolute atomic E-state index is 5.95. The number of hydrogen-bond acceptors (Lipinski definition) is 3. The van der Waals surface area contributed by atoms with Crippen LogP contribution in [0.2, 0.25) is 10.0 Å². The second-order valence-electron chi connectivity index (χ2n) is 4.40. The topological polar surface area (TPSA) is 42.2 Å². The lowest BCUT2D eigenvalue weighted by atomic mass is 10.1. The van der Waals surface area contributed by atoms with E-state index in [0.717, 1.165) is 10.6 Å². The number of hydrogen-bond donors (Lipinski definition) is 1. The molecule has 0 amide bonds. The van der Waals surface area contributed by atoms with Crippen molar-refractivity contribution in [2.45, 2.75) is 13.0 Å². The molecule has 1 unspecified atom stereocenters. The van der Waals surface area contributed by atoms with Crippen molar-refractivity contribution in [3.05, 3.63) is 52.1 Å². The van der Waals surface area contributed by atoms with Crippen LogP contribution < -0.4 is 10.6 Å². The van der Waals surface area contributed by atoms with Crippen LogP contribution in [0, 0.1) is 0 Å². The van der Waals surface area contributed by atoms with Gasteiger partial charge in [-0.3, -0.25) is 0 Å². The van der Waals surface area contributed by atoms with Crippen LogP contribution in [0.1, 0.15) is 18.5 Å². The zero-order valence-corrected chi connectivity index (χ0v) is 12.3. The first-order valence-corrected chi connectivity index (χ1v) is 6.64. The molecule has 5 heteroatoms. The fraction of sp³-hybridized carbons (Fsp3) is 0.214. The minimum Gasteiger partial charge on any atom is -0.396 e. The third-order valence-corrected chi connectivity index (χ3v) is 3.59. The van der Waals surface area contributed by atoms with Gasteiger partial charge in [0.05, 0.1) is 16.8 Å². The Kier molecular flexibility index (Phi) is 4.17. The lowest BCUT2D eigenvalue weighted by molar-refractivity contribution is 0.730. The molecule has 19 heavy (non-hydrogen) atoms. The molecule has 0 fully saturated rings. The molecule has 0 spiro atoms. The Labute approximate surface area is 123 Å². The van der Waals surface area contributed by atoms with E-state index >= 15 is 0 Å². The van der Waals surface area contributed by atoms with Crippen LogP contribution in [0.15, 0.2) is 36.5 Å². The van der Waals surface area contributed by atoms with E-state index in [-0.39, 0.29) is 6.04 Å². The summed E-state index contributed by atoms with van der Waals surface area (Å²) in [5.41, 5.74) is 7.66. The highest BCUT2D eigenvalue weighted by Crippen LogP contribution is 2.29. The summed E-state index contributed by atoms with van der Waals surface area (Å²) in [5.74, 6) is 0.715. The zero-order chi connectivity index (χ0) is 14.0. The van der Waals surface area contributed by atoms with Crippen molar-refractivity contribution in [1.82, 2.24) is 4.98 Å². The molecule has 0 aliphatic carbocycles. The van der Waals surface area contributed by atoms with Crippen LogP contribution in [0.3, 0.4) is 0 Å². The number of nitrogens with two attached hydrogens (primary N) is 1. The molecule has 2 rings (SSSR count). The standard InChI is InChI=1S/C14H15Cl2N3/c1-9(10-3-5-11(15)6-4-10)19(2)14-13(17)7-12(16)8-18-14/h3-9H,17H2,1-2H3. The minimum absolute atomic E-state index is 0.133. The summed E-state index contributed by atoms with van der Waals surface area (Å²) in [6.45, 7) is 2.08. The smallest absolute Gasteiger partial charge is 0.152 e. The second-order valence-corrected chi connectivity index (χ2v) is 5.28. The Morgan fingerprint density at radius 2 is 1.79 bits per heavy atom. The normalized spacial score (nSPS) is 12.2. The highest BCUT2D eigenvalue weighted by molar-refractivity contribution is 6.31. The summed E-state index contributed by atoms with van der Waals surface area (Å²) in [5, 5.41) is 1.26. The van der Waals surface area contributed by atoms with Crippen molar-refractivity contribution < 1.29 is 0 Å². The van der Waals surface area contributed by atoms with Crippen LogP contribution in [-0.4, -0.2) is 12.0 Å². The van der Waals surface area contributed by atoms with Crippen molar-refractivity contribution in [3.8, 4) is 0 Å². The van der Waals surface area contributed by atoms with E-state index in [1.165, 1.54) is 0 Å². The van der Waals surface area contributed by atoms with Crippen molar-refractivity contribution >= 4 is 34.7 Å². The predicted octanol–water partition coefficient (Wildman–Crippen LogP) is 4.17. The highest BCUT2D eigenvalue weighted by Gasteiger charge is 2.15. The largest absolute Gasteiger partial charge is 0.396 e. The van der Waals surface area contributed by atoms with Crippen LogP contribution in [0.5, 0.6) is 0 Å². The van der Waals surface area contributed by atoms with Gasteiger partial charge >= 0.3 is 0 Å². The molecule has 0 aliphatic heterocycles. The van der Waals surface area contributed by atoms with Crippen molar-refractivity contribution in [2.75, 3.05) is 17.7 Å². The van der Waals surface area contributed by atoms with Crippen molar-refractivity contribution in [1.29, 1.82) is 0 Å². The summed E-state index contributed by atoms with van der Waals surface area (Å²) in [6, 6.07) is 9.58. The number of nitrogens with zero attached hydrogens (tertiary/aromatic N) is 2. The van der Waals surface area contributed by atoms with Gasteiger partial charge in [-0.25, -0.2) is 4.98 Å². The molecule has 0 radical (unpaired) electrons. The number of aromatic nitrogens is 1. The molecule has 0 saturated heterocycles. The third-order valence-electron chi connectivity index (χ3n) is 3.13. The molecule has 100 valence electrons. The fourth-order valence-electron chi connectivity index (χ4n) is 1.89. The monoisotopic (exact) mass is 295 g/mol. The number of nitrogen functional groups attached to an aromatic ring is 1. The van der Waals surface area contributed by atoms with E-state index in [9.17, 15) is 0 Å². The molecule has 0 saturated carbocycles. The summed E-state index contributed by atoms with van der Waals surface area (Å²) in [7, 11) is 1.95. The summed E-state index contributed by atoms with van der Waals surface area (Å²) >= 11 is 11.8. The van der Waals surface area contributed by atoms with E-state index < -0.39 is 0 Å². The number of halogens is 2. The first kappa shape index (κ1) is 14.0. The summed E-state index contributed by atoms with van der Waals surface area (Å²) < 4.78 is 0. The minimum atomic E-state index is 0.133. The second kappa shape index (κ2) is 5.68. The molecule has 0 aliphatic rings. The lowest BCUT2D eigenvalue weighted by Crippen LogP contribution is -2.23. The number of benzene rings is 1. The predicted molar refractivity (Wildman–Crippen MR) is 81.9 cm³/mol. The molecule has 2 aromatic rings. The van der Waals surface area contributed by atoms with Crippen molar-refractivity contribution in [3.63, 3.8) is 0 Å². The van der Waals surface area contributed by atoms with Gasteiger partial charge in [-0.2, -0.15) is 0 Å². The summed E-state index contributed by atoms with van der Waals surface area (Å²) in [6.07, 6.45) is 1.60. The third kappa shape index (κ3) is 3.11. The molecule has 1 aromatic carbocycles. The summed E-state index contributed by atoms with van der Waals surface area (Å²) in [4.78, 5) is 6.29. The molecular formula is C14H15Cl2N3. The van der Waals surface area contributed by atoms with E-state index in [4.69, 9.17) is 28.9 Å². The maximum Gasteiger partial charge on any atom is 0.152 e. The van der Waals surface area contributed by atoms with Gasteiger partial charge in [0, 0.05) is 18.3 Å². The van der Waals surface area contributed by atoms with Crippen LogP contribution in [0.4, 0.5) is 11.5 Å². The molecule has 1 aromatic heterocycles. The van der Waals surface area contributed by atoms with Gasteiger partial charge in [0.2, 0.25) is 0 Å². The molecular weight excluding hydrogens is 281 g/mol. The highest BCUT2D eigenvalue weighted by atomic mass is 35.5. The number of anilines is 2. The van der Waals surface area contributed by atoms with Gasteiger partial charge in [-0.05, 0) is 30.7 Å². The van der Waals surface area contributed by atoms with Gasteiger partial charge in [0.25, 0.3) is 0 Å². The van der Waals surface area contributed by atoms with Gasteiger partial charge in [-0.1, -0.05) is 35.3 Å². The Morgan fingerprint density at radius 3 is 2.37 bits per heavy atom. The van der Waals surface area contributed by atoms with Crippen LogP contribution in [-0.2, 0) is 0 Å². The number of pyridine rings is 1. The van der Waals surface area contributed by atoms with E-state index in [1.54, 1.807) is 12.3 Å². The lowest BCUT2D eigenvalue weighted by Gasteiger charge is -2.27. The quantitative estimate of drug-likeness (QED) is 0.924. The van der Waals surface area contributed by atoms with Gasteiger partial charge in [0.1, 0.15) is 0 Å². The van der Waals surface area contributed by atoms with E-state index in [0.29, 0.717) is 16.5 Å². The van der Waals surface area contributed by atoms with E-state index in [1.807, 2.05) is 36.2 Å². The SMILES string of the molecule is CC(c1ccc(Cl)cc1)N(C)c1ncc(Cl)cc1N. The molecule has 0 bridgehead atoms. The Morgan fingerprint density at radius 1 is 1.16 bits per heavy atom. The molecule has 1 atom stereocenters. The Hall–Kier alpha value is -1.45. The molecule has 3 nitrogen and oxygen atoms in total. The Bertz CT molecular complexity index is 569. The zero-order valence-electron chi connectivity index (χ0n) is 10.8. The van der Waals surface area contributed by atoms with E-state index in [2.05, 4.69) is 11.9 Å². The van der Waals surface area contributed by atoms with Crippen LogP contribution >= 0.6 is 23.2 Å². The average Bonchev–Trinajstić information content (AvgIpc) is 2.38. The first-order valence-electron chi connectivity index (χ1n) is 5.88. The average molecular weight is 296 g/mol.